The second kappa shape index (κ2) is 13.0. The summed E-state index contributed by atoms with van der Waals surface area (Å²) in [5, 5.41) is 3.73. The van der Waals surface area contributed by atoms with Crippen molar-refractivity contribution < 1.29 is 9.59 Å². The van der Waals surface area contributed by atoms with Crippen LogP contribution in [0.5, 0.6) is 0 Å². The molecule has 190 valence electrons. The fourth-order valence-electron chi connectivity index (χ4n) is 3.82. The molecular weight excluding hydrogens is 488 g/mol. The largest absolute Gasteiger partial charge is 0.350 e. The molecule has 0 radical (unpaired) electrons. The molecule has 0 saturated heterocycles. The van der Waals surface area contributed by atoms with Gasteiger partial charge in [-0.25, -0.2) is 0 Å². The van der Waals surface area contributed by atoms with Gasteiger partial charge in [0.25, 0.3) is 0 Å². The van der Waals surface area contributed by atoms with E-state index in [9.17, 15) is 9.59 Å². The zero-order chi connectivity index (χ0) is 26.1. The highest BCUT2D eigenvalue weighted by molar-refractivity contribution is 7.99. The number of carbonyl (C=O) groups excluding carboxylic acids is 2. The highest BCUT2D eigenvalue weighted by atomic mass is 35.5. The molecule has 1 atom stereocenters. The zero-order valence-corrected chi connectivity index (χ0v) is 23.0. The van der Waals surface area contributed by atoms with Gasteiger partial charge in [-0.1, -0.05) is 83.9 Å². The summed E-state index contributed by atoms with van der Waals surface area (Å²) in [4.78, 5) is 28.9. The van der Waals surface area contributed by atoms with Crippen molar-refractivity contribution in [3.8, 4) is 0 Å². The minimum Gasteiger partial charge on any atom is -0.350 e. The highest BCUT2D eigenvalue weighted by Crippen LogP contribution is 2.20. The van der Waals surface area contributed by atoms with Gasteiger partial charge in [-0.2, -0.15) is 0 Å². The van der Waals surface area contributed by atoms with E-state index in [1.54, 1.807) is 16.7 Å². The second-order valence-electron chi connectivity index (χ2n) is 10.1. The molecule has 2 amide bonds. The smallest absolute Gasteiger partial charge is 0.243 e. The van der Waals surface area contributed by atoms with E-state index in [4.69, 9.17) is 11.6 Å². The van der Waals surface area contributed by atoms with Crippen LogP contribution >= 0.6 is 23.4 Å². The minimum absolute atomic E-state index is 0.0629. The van der Waals surface area contributed by atoms with Gasteiger partial charge < -0.3 is 10.2 Å². The Morgan fingerprint density at radius 3 is 2.11 bits per heavy atom. The lowest BCUT2D eigenvalue weighted by Gasteiger charge is -2.34. The van der Waals surface area contributed by atoms with Gasteiger partial charge in [0.15, 0.2) is 0 Å². The molecule has 0 heterocycles. The number of nitrogens with zero attached hydrogens (tertiary/aromatic N) is 1. The SMILES string of the molecule is Cc1ccc(CSCC(=O)N(Cc2ccc(Cl)cc2)[C@H](Cc2ccccc2)C(=O)NC(C)(C)C)cc1. The van der Waals surface area contributed by atoms with Gasteiger partial charge in [-0.05, 0) is 56.5 Å². The molecule has 0 aliphatic rings. The lowest BCUT2D eigenvalue weighted by atomic mass is 10.0. The van der Waals surface area contributed by atoms with Crippen molar-refractivity contribution in [3.05, 3.63) is 106 Å². The monoisotopic (exact) mass is 522 g/mol. The van der Waals surface area contributed by atoms with E-state index >= 15 is 0 Å². The standard InChI is InChI=1S/C30H35ClN2O2S/c1-22-10-12-25(13-11-22)20-36-21-28(34)33(19-24-14-16-26(31)17-15-24)27(29(35)32-30(2,3)4)18-23-8-6-5-7-9-23/h5-17,27H,18-21H2,1-4H3,(H,32,35)/t27-/m1/s1. The molecule has 0 bridgehead atoms. The van der Waals surface area contributed by atoms with Crippen LogP contribution in [0.15, 0.2) is 78.9 Å². The van der Waals surface area contributed by atoms with Crippen LogP contribution in [0.3, 0.4) is 0 Å². The van der Waals surface area contributed by atoms with E-state index in [0.717, 1.165) is 16.9 Å². The second-order valence-corrected chi connectivity index (χ2v) is 11.5. The van der Waals surface area contributed by atoms with Crippen molar-refractivity contribution in [2.75, 3.05) is 5.75 Å². The first-order valence-electron chi connectivity index (χ1n) is 12.1. The van der Waals surface area contributed by atoms with Gasteiger partial charge in [0, 0.05) is 29.3 Å². The van der Waals surface area contributed by atoms with E-state index in [-0.39, 0.29) is 17.6 Å². The predicted octanol–water partition coefficient (Wildman–Crippen LogP) is 6.44. The number of benzene rings is 3. The third kappa shape index (κ3) is 9.03. The summed E-state index contributed by atoms with van der Waals surface area (Å²) in [5.41, 5.74) is 3.91. The molecule has 3 aromatic rings. The summed E-state index contributed by atoms with van der Waals surface area (Å²) in [6.45, 7) is 8.24. The van der Waals surface area contributed by atoms with Crippen molar-refractivity contribution >= 4 is 35.2 Å². The van der Waals surface area contributed by atoms with E-state index in [1.165, 1.54) is 11.1 Å². The normalized spacial score (nSPS) is 12.1. The minimum atomic E-state index is -0.644. The molecule has 0 aromatic heterocycles. The van der Waals surface area contributed by atoms with Crippen LogP contribution in [0, 0.1) is 6.92 Å². The molecule has 0 aliphatic carbocycles. The molecule has 0 saturated carbocycles. The number of rotatable bonds is 10. The number of thioether (sulfide) groups is 1. The Hall–Kier alpha value is -2.76. The molecule has 4 nitrogen and oxygen atoms in total. The number of carbonyl (C=O) groups is 2. The molecule has 36 heavy (non-hydrogen) atoms. The maximum atomic E-state index is 13.7. The maximum absolute atomic E-state index is 13.7. The first kappa shape index (κ1) is 27.8. The average molecular weight is 523 g/mol. The van der Waals surface area contributed by atoms with E-state index < -0.39 is 11.6 Å². The lowest BCUT2D eigenvalue weighted by molar-refractivity contribution is -0.140. The van der Waals surface area contributed by atoms with Gasteiger partial charge in [-0.15, -0.1) is 11.8 Å². The van der Waals surface area contributed by atoms with Crippen molar-refractivity contribution in [2.45, 2.75) is 58.0 Å². The van der Waals surface area contributed by atoms with Crippen molar-refractivity contribution in [1.82, 2.24) is 10.2 Å². The van der Waals surface area contributed by atoms with Gasteiger partial charge in [0.05, 0.1) is 5.75 Å². The van der Waals surface area contributed by atoms with Crippen molar-refractivity contribution in [2.24, 2.45) is 0 Å². The third-order valence-corrected chi connectivity index (χ3v) is 6.89. The summed E-state index contributed by atoms with van der Waals surface area (Å²) in [6, 6.07) is 25.0. The van der Waals surface area contributed by atoms with Crippen LogP contribution in [-0.4, -0.2) is 34.0 Å². The number of amides is 2. The number of hydrogen-bond acceptors (Lipinski definition) is 3. The van der Waals surface area contributed by atoms with Crippen molar-refractivity contribution in [1.29, 1.82) is 0 Å². The van der Waals surface area contributed by atoms with Crippen LogP contribution in [0.25, 0.3) is 0 Å². The predicted molar refractivity (Wildman–Crippen MR) is 151 cm³/mol. The Morgan fingerprint density at radius 1 is 0.889 bits per heavy atom. The summed E-state index contributed by atoms with van der Waals surface area (Å²) < 4.78 is 0. The van der Waals surface area contributed by atoms with Crippen LogP contribution in [0.1, 0.15) is 43.0 Å². The lowest BCUT2D eigenvalue weighted by Crippen LogP contribution is -2.54. The Labute approximate surface area is 224 Å². The molecule has 6 heteroatoms. The summed E-state index contributed by atoms with van der Waals surface area (Å²) in [6.07, 6.45) is 0.435. The Kier molecular flexibility index (Phi) is 10.0. The molecule has 3 rings (SSSR count). The van der Waals surface area contributed by atoms with Crippen molar-refractivity contribution in [3.63, 3.8) is 0 Å². The van der Waals surface area contributed by atoms with Gasteiger partial charge in [0.2, 0.25) is 11.8 Å². The van der Waals surface area contributed by atoms with E-state index in [1.807, 2.05) is 75.4 Å². The Bertz CT molecular complexity index is 1130. The molecule has 3 aromatic carbocycles. The molecule has 0 fully saturated rings. The number of hydrogen-bond donors (Lipinski definition) is 1. The van der Waals surface area contributed by atoms with Crippen LogP contribution in [0.2, 0.25) is 5.02 Å². The van der Waals surface area contributed by atoms with Crippen LogP contribution in [-0.2, 0) is 28.3 Å². The van der Waals surface area contributed by atoms with Gasteiger partial charge in [-0.3, -0.25) is 9.59 Å². The third-order valence-electron chi connectivity index (χ3n) is 5.65. The molecular formula is C30H35ClN2O2S. The number of aryl methyl sites for hydroxylation is 1. The molecule has 0 unspecified atom stereocenters. The molecule has 0 aliphatic heterocycles. The first-order chi connectivity index (χ1) is 17.1. The average Bonchev–Trinajstić information content (AvgIpc) is 2.83. The van der Waals surface area contributed by atoms with Gasteiger partial charge in [0.1, 0.15) is 6.04 Å². The zero-order valence-electron chi connectivity index (χ0n) is 21.5. The fourth-order valence-corrected chi connectivity index (χ4v) is 4.81. The van der Waals surface area contributed by atoms with Gasteiger partial charge >= 0.3 is 0 Å². The Balaban J connectivity index is 1.85. The molecule has 1 N–H and O–H groups in total. The highest BCUT2D eigenvalue weighted by Gasteiger charge is 2.32. The summed E-state index contributed by atoms with van der Waals surface area (Å²) in [7, 11) is 0. The Morgan fingerprint density at radius 2 is 1.50 bits per heavy atom. The quantitative estimate of drug-likeness (QED) is 0.333. The topological polar surface area (TPSA) is 49.4 Å². The summed E-state index contributed by atoms with van der Waals surface area (Å²) >= 11 is 7.66. The number of nitrogens with one attached hydrogen (secondary N) is 1. The first-order valence-corrected chi connectivity index (χ1v) is 13.7. The summed E-state index contributed by atoms with van der Waals surface area (Å²) in [5.74, 6) is 0.803. The fraction of sp³-hybridized carbons (Fsp3) is 0.333. The molecule has 0 spiro atoms. The van der Waals surface area contributed by atoms with Crippen LogP contribution in [0.4, 0.5) is 0 Å². The number of halogens is 1. The maximum Gasteiger partial charge on any atom is 0.243 e. The van der Waals surface area contributed by atoms with E-state index in [0.29, 0.717) is 18.0 Å². The van der Waals surface area contributed by atoms with Crippen LogP contribution < -0.4 is 5.32 Å². The van der Waals surface area contributed by atoms with E-state index in [2.05, 4.69) is 36.5 Å².